The first kappa shape index (κ1) is 22.0. The molecule has 0 unspecified atom stereocenters. The molecule has 1 saturated heterocycles. The molecule has 4 rings (SSSR count). The number of carbonyl (C=O) groups excluding carboxylic acids is 1. The van der Waals surface area contributed by atoms with Crippen LogP contribution < -0.4 is 11.1 Å². The summed E-state index contributed by atoms with van der Waals surface area (Å²) in [5.41, 5.74) is 7.08. The van der Waals surface area contributed by atoms with E-state index in [9.17, 15) is 9.90 Å². The number of aliphatic hydroxyl groups is 1. The first-order valence-electron chi connectivity index (χ1n) is 11.3. The highest BCUT2D eigenvalue weighted by atomic mass is 32.1. The maximum Gasteiger partial charge on any atom is 0.223 e. The third-order valence-electron chi connectivity index (χ3n) is 7.83. The maximum atomic E-state index is 12.9. The van der Waals surface area contributed by atoms with E-state index >= 15 is 0 Å². The molecule has 30 heavy (non-hydrogen) atoms. The Kier molecular flexibility index (Phi) is 6.40. The molecule has 6 atom stereocenters. The number of morpholine rings is 1. The number of amides is 1. The van der Waals surface area contributed by atoms with Crippen molar-refractivity contribution in [3.63, 3.8) is 0 Å². The van der Waals surface area contributed by atoms with E-state index in [0.717, 1.165) is 57.8 Å². The minimum absolute atomic E-state index is 0.0218. The number of anilines is 1. The van der Waals surface area contributed by atoms with Crippen LogP contribution in [0.5, 0.6) is 0 Å². The highest BCUT2D eigenvalue weighted by Gasteiger charge is 2.53. The molecule has 0 aromatic carbocycles. The highest BCUT2D eigenvalue weighted by Crippen LogP contribution is 2.57. The summed E-state index contributed by atoms with van der Waals surface area (Å²) in [6.07, 6.45) is 2.32. The van der Waals surface area contributed by atoms with E-state index in [0.29, 0.717) is 11.7 Å². The molecule has 1 aliphatic heterocycles. The summed E-state index contributed by atoms with van der Waals surface area (Å²) >= 11 is 1.59. The molecule has 2 aliphatic carbocycles. The maximum absolute atomic E-state index is 12.9. The molecule has 0 spiro atoms. The van der Waals surface area contributed by atoms with Crippen molar-refractivity contribution in [3.8, 4) is 0 Å². The van der Waals surface area contributed by atoms with Crippen molar-refractivity contribution in [3.05, 3.63) is 10.6 Å². The van der Waals surface area contributed by atoms with Gasteiger partial charge in [0.15, 0.2) is 5.13 Å². The van der Waals surface area contributed by atoms with Crippen LogP contribution in [0.25, 0.3) is 0 Å². The van der Waals surface area contributed by atoms with Crippen LogP contribution in [0.4, 0.5) is 5.13 Å². The van der Waals surface area contributed by atoms with Gasteiger partial charge in [0.1, 0.15) is 0 Å². The topological polar surface area (TPSA) is 101 Å². The van der Waals surface area contributed by atoms with Crippen LogP contribution in [0.2, 0.25) is 0 Å². The fourth-order valence-electron chi connectivity index (χ4n) is 6.08. The Labute approximate surface area is 183 Å². The number of nitrogen functional groups attached to an aromatic ring is 1. The summed E-state index contributed by atoms with van der Waals surface area (Å²) in [5, 5.41) is 15.1. The Hall–Kier alpha value is -1.22. The van der Waals surface area contributed by atoms with Crippen LogP contribution in [0.1, 0.15) is 50.1 Å². The fourth-order valence-corrected chi connectivity index (χ4v) is 7.22. The van der Waals surface area contributed by atoms with Gasteiger partial charge in [0.25, 0.3) is 0 Å². The van der Waals surface area contributed by atoms with Gasteiger partial charge in [-0.25, -0.2) is 4.98 Å². The van der Waals surface area contributed by atoms with Crippen LogP contribution in [-0.2, 0) is 16.0 Å². The number of nitrogens with one attached hydrogen (secondary N) is 1. The van der Waals surface area contributed by atoms with Gasteiger partial charge in [0.2, 0.25) is 5.91 Å². The summed E-state index contributed by atoms with van der Waals surface area (Å²) in [7, 11) is 0. The molecule has 1 amide bonds. The van der Waals surface area contributed by atoms with E-state index in [1.165, 1.54) is 4.88 Å². The van der Waals surface area contributed by atoms with Crippen LogP contribution in [0.15, 0.2) is 0 Å². The van der Waals surface area contributed by atoms with Gasteiger partial charge in [0, 0.05) is 42.9 Å². The summed E-state index contributed by atoms with van der Waals surface area (Å²) in [6.45, 7) is 11.3. The molecule has 4 N–H and O–H groups in total. The highest BCUT2D eigenvalue weighted by molar-refractivity contribution is 7.15. The zero-order valence-corrected chi connectivity index (χ0v) is 19.2. The number of ether oxygens (including phenoxy) is 1. The number of carbonyl (C=O) groups is 1. The van der Waals surface area contributed by atoms with E-state index in [1.54, 1.807) is 11.3 Å². The van der Waals surface area contributed by atoms with Gasteiger partial charge in [-0.1, -0.05) is 20.8 Å². The van der Waals surface area contributed by atoms with E-state index in [2.05, 4.69) is 29.0 Å². The molecule has 3 aliphatic rings. The second-order valence-electron chi connectivity index (χ2n) is 9.73. The van der Waals surface area contributed by atoms with E-state index in [4.69, 9.17) is 10.5 Å². The molecular formula is C22H36N4O3S. The zero-order valence-electron chi connectivity index (χ0n) is 18.4. The lowest BCUT2D eigenvalue weighted by molar-refractivity contribution is -0.134. The van der Waals surface area contributed by atoms with Gasteiger partial charge in [-0.3, -0.25) is 9.69 Å². The molecular weight excluding hydrogens is 400 g/mol. The minimum atomic E-state index is -0.505. The Bertz CT molecular complexity index is 766. The monoisotopic (exact) mass is 436 g/mol. The van der Waals surface area contributed by atoms with Gasteiger partial charge in [-0.15, -0.1) is 11.3 Å². The van der Waals surface area contributed by atoms with Gasteiger partial charge in [0.05, 0.1) is 25.0 Å². The fraction of sp³-hybridized carbons (Fsp3) is 0.818. The predicted molar refractivity (Wildman–Crippen MR) is 118 cm³/mol. The van der Waals surface area contributed by atoms with Crippen LogP contribution in [-0.4, -0.2) is 66.4 Å². The number of aromatic nitrogens is 1. The quantitative estimate of drug-likeness (QED) is 0.651. The average molecular weight is 437 g/mol. The smallest absolute Gasteiger partial charge is 0.223 e. The lowest BCUT2D eigenvalue weighted by Crippen LogP contribution is -2.53. The van der Waals surface area contributed by atoms with Gasteiger partial charge >= 0.3 is 0 Å². The summed E-state index contributed by atoms with van der Waals surface area (Å²) in [4.78, 5) is 21.0. The Morgan fingerprint density at radius 2 is 2.20 bits per heavy atom. The van der Waals surface area contributed by atoms with Crippen molar-refractivity contribution in [2.45, 2.75) is 52.1 Å². The number of hydrogen-bond acceptors (Lipinski definition) is 7. The third-order valence-corrected chi connectivity index (χ3v) is 8.73. The Balaban J connectivity index is 1.39. The van der Waals surface area contributed by atoms with E-state index < -0.39 is 6.10 Å². The largest absolute Gasteiger partial charge is 0.392 e. The summed E-state index contributed by atoms with van der Waals surface area (Å²) in [5.74, 6) is 0.0864. The molecule has 1 saturated carbocycles. The van der Waals surface area contributed by atoms with Crippen LogP contribution in [0.3, 0.4) is 0 Å². The number of nitrogens with zero attached hydrogens (tertiary/aromatic N) is 2. The van der Waals surface area contributed by atoms with Crippen molar-refractivity contribution < 1.29 is 14.6 Å². The molecule has 1 aromatic heterocycles. The molecule has 0 bridgehead atoms. The Morgan fingerprint density at radius 1 is 1.47 bits per heavy atom. The van der Waals surface area contributed by atoms with Crippen molar-refractivity contribution in [1.82, 2.24) is 15.2 Å². The predicted octanol–water partition coefficient (Wildman–Crippen LogP) is 1.86. The molecule has 0 radical (unpaired) electrons. The van der Waals surface area contributed by atoms with Crippen molar-refractivity contribution in [2.75, 3.05) is 45.1 Å². The minimum Gasteiger partial charge on any atom is -0.392 e. The number of thiazole rings is 1. The molecule has 2 heterocycles. The third kappa shape index (κ3) is 4.11. The van der Waals surface area contributed by atoms with Crippen molar-refractivity contribution in [1.29, 1.82) is 0 Å². The first-order chi connectivity index (χ1) is 14.3. The summed E-state index contributed by atoms with van der Waals surface area (Å²) in [6, 6.07) is 0. The summed E-state index contributed by atoms with van der Waals surface area (Å²) < 4.78 is 5.37. The Morgan fingerprint density at radius 3 is 2.93 bits per heavy atom. The standard InChI is InChI=1S/C22H36N4O3S/c1-13(20(28)24-6-7-26-8-10-29-11-9-26)15-4-5-22(3)12-16-18(25-21(23)30-16)14(2)17(22)19(15)27/h13-15,17,19,27H,4-12H2,1-3H3,(H2,23,25)(H,24,28)/t13-,14-,15-,17+,19-,22-/m0/s1. The molecule has 7 nitrogen and oxygen atoms in total. The van der Waals surface area contributed by atoms with Gasteiger partial charge < -0.3 is 20.9 Å². The van der Waals surface area contributed by atoms with E-state index in [1.807, 2.05) is 6.92 Å². The van der Waals surface area contributed by atoms with Crippen LogP contribution >= 0.6 is 11.3 Å². The average Bonchev–Trinajstić information content (AvgIpc) is 3.08. The first-order valence-corrected chi connectivity index (χ1v) is 12.1. The molecule has 8 heteroatoms. The van der Waals surface area contributed by atoms with Gasteiger partial charge in [-0.2, -0.15) is 0 Å². The molecule has 2 fully saturated rings. The zero-order chi connectivity index (χ0) is 21.5. The second kappa shape index (κ2) is 8.73. The van der Waals surface area contributed by atoms with Crippen molar-refractivity contribution >= 4 is 22.4 Å². The normalized spacial score (nSPS) is 35.3. The van der Waals surface area contributed by atoms with Crippen molar-refractivity contribution in [2.24, 2.45) is 23.2 Å². The number of hydrogen-bond donors (Lipinski definition) is 3. The SMILES string of the molecule is C[C@H](C(=O)NCCN1CCOCC1)[C@@H]1CC[C@@]2(C)Cc3sc(N)nc3[C@@H](C)[C@@H]2[C@H]1O. The number of fused-ring (bicyclic) bond motifs is 2. The number of aliphatic hydroxyl groups excluding tert-OH is 1. The number of nitrogens with two attached hydrogens (primary N) is 1. The van der Waals surface area contributed by atoms with Gasteiger partial charge in [-0.05, 0) is 36.5 Å². The number of rotatable bonds is 5. The van der Waals surface area contributed by atoms with E-state index in [-0.39, 0.29) is 35.0 Å². The molecule has 1 aromatic rings. The molecule has 168 valence electrons. The van der Waals surface area contributed by atoms with Crippen LogP contribution in [0, 0.1) is 23.2 Å². The second-order valence-corrected chi connectivity index (χ2v) is 10.8. The lowest BCUT2D eigenvalue weighted by Gasteiger charge is -2.53. The lowest BCUT2D eigenvalue weighted by atomic mass is 9.53.